The number of halogens is 3. The third-order valence-electron chi connectivity index (χ3n) is 4.91. The first-order chi connectivity index (χ1) is 14.4. The fraction of sp³-hybridized carbons (Fsp3) is 0.286. The smallest absolute Gasteiger partial charge is 0.416 e. The van der Waals surface area contributed by atoms with E-state index in [0.29, 0.717) is 31.6 Å². The van der Waals surface area contributed by atoms with E-state index in [9.17, 15) is 18.0 Å². The number of amides is 1. The Morgan fingerprint density at radius 3 is 2.67 bits per heavy atom. The van der Waals surface area contributed by atoms with Crippen LogP contribution in [0.1, 0.15) is 27.9 Å². The van der Waals surface area contributed by atoms with Crippen LogP contribution in [0.3, 0.4) is 0 Å². The molecular weight excluding hydrogens is 397 g/mol. The van der Waals surface area contributed by atoms with Crippen LogP contribution >= 0.6 is 0 Å². The predicted molar refractivity (Wildman–Crippen MR) is 102 cm³/mol. The molecule has 1 aliphatic heterocycles. The minimum absolute atomic E-state index is 0.0898. The number of alkyl halides is 3. The number of aromatic nitrogens is 3. The van der Waals surface area contributed by atoms with Crippen molar-refractivity contribution in [1.29, 1.82) is 0 Å². The van der Waals surface area contributed by atoms with Crippen molar-refractivity contribution in [2.45, 2.75) is 25.2 Å². The molecule has 30 heavy (non-hydrogen) atoms. The molecular formula is C21H19F3N4O2. The van der Waals surface area contributed by atoms with Crippen molar-refractivity contribution in [1.82, 2.24) is 19.4 Å². The second-order valence-corrected chi connectivity index (χ2v) is 7.09. The van der Waals surface area contributed by atoms with E-state index in [4.69, 9.17) is 4.74 Å². The van der Waals surface area contributed by atoms with E-state index in [2.05, 4.69) is 9.97 Å². The summed E-state index contributed by atoms with van der Waals surface area (Å²) in [6, 6.07) is 9.11. The van der Waals surface area contributed by atoms with Crippen LogP contribution in [-0.2, 0) is 12.7 Å². The molecule has 156 valence electrons. The Morgan fingerprint density at radius 1 is 1.17 bits per heavy atom. The molecule has 1 aliphatic rings. The lowest BCUT2D eigenvalue weighted by atomic mass is 10.1. The summed E-state index contributed by atoms with van der Waals surface area (Å²) in [4.78, 5) is 22.2. The van der Waals surface area contributed by atoms with E-state index < -0.39 is 17.8 Å². The van der Waals surface area contributed by atoms with Gasteiger partial charge in [-0.3, -0.25) is 4.79 Å². The molecule has 0 N–H and O–H groups in total. The molecule has 0 radical (unpaired) electrons. The van der Waals surface area contributed by atoms with Crippen LogP contribution < -0.4 is 4.74 Å². The standard InChI is InChI=1S/C21H19F3N4O2/c22-21(23,24)17-5-7-26-19(11-17)30-18-6-9-28(13-18)20(29)16-3-1-15(2-4-16)12-27-10-8-25-14-27/h1-5,7-8,10-11,14,18H,6,9,12-13H2/t18-/m1/s1. The number of carbonyl (C=O) groups is 1. The van der Waals surface area contributed by atoms with Gasteiger partial charge in [0.15, 0.2) is 0 Å². The lowest BCUT2D eigenvalue weighted by Crippen LogP contribution is -2.31. The molecule has 1 saturated heterocycles. The van der Waals surface area contributed by atoms with E-state index in [1.165, 1.54) is 0 Å². The predicted octanol–water partition coefficient (Wildman–Crippen LogP) is 3.64. The van der Waals surface area contributed by atoms with Gasteiger partial charge < -0.3 is 14.2 Å². The number of hydrogen-bond acceptors (Lipinski definition) is 4. The van der Waals surface area contributed by atoms with Crippen molar-refractivity contribution in [2.24, 2.45) is 0 Å². The van der Waals surface area contributed by atoms with E-state index in [1.54, 1.807) is 29.6 Å². The van der Waals surface area contributed by atoms with Gasteiger partial charge in [-0.05, 0) is 23.8 Å². The SMILES string of the molecule is O=C(c1ccc(Cn2ccnc2)cc1)N1CC[C@@H](Oc2cc(C(F)(F)F)ccn2)C1. The molecule has 1 aromatic carbocycles. The van der Waals surface area contributed by atoms with Crippen molar-refractivity contribution in [3.63, 3.8) is 0 Å². The number of benzene rings is 1. The molecule has 1 amide bonds. The number of carbonyl (C=O) groups excluding carboxylic acids is 1. The van der Waals surface area contributed by atoms with Gasteiger partial charge in [-0.25, -0.2) is 9.97 Å². The molecule has 6 nitrogen and oxygen atoms in total. The highest BCUT2D eigenvalue weighted by atomic mass is 19.4. The molecule has 3 heterocycles. The lowest BCUT2D eigenvalue weighted by molar-refractivity contribution is -0.137. The normalized spacial score (nSPS) is 16.6. The second-order valence-electron chi connectivity index (χ2n) is 7.09. The maximum Gasteiger partial charge on any atom is 0.416 e. The third kappa shape index (κ3) is 4.61. The molecule has 1 atom stereocenters. The summed E-state index contributed by atoms with van der Waals surface area (Å²) < 4.78 is 46.0. The molecule has 0 aliphatic carbocycles. The quantitative estimate of drug-likeness (QED) is 0.637. The Balaban J connectivity index is 1.35. The average molecular weight is 416 g/mol. The number of imidazole rings is 1. The van der Waals surface area contributed by atoms with E-state index in [1.807, 2.05) is 22.9 Å². The largest absolute Gasteiger partial charge is 0.472 e. The monoisotopic (exact) mass is 416 g/mol. The fourth-order valence-corrected chi connectivity index (χ4v) is 3.36. The van der Waals surface area contributed by atoms with Crippen LogP contribution in [0.25, 0.3) is 0 Å². The second kappa shape index (κ2) is 8.17. The summed E-state index contributed by atoms with van der Waals surface area (Å²) in [7, 11) is 0. The first-order valence-corrected chi connectivity index (χ1v) is 9.42. The maximum atomic E-state index is 12.8. The summed E-state index contributed by atoms with van der Waals surface area (Å²) in [6.45, 7) is 1.44. The van der Waals surface area contributed by atoms with Crippen molar-refractivity contribution in [3.8, 4) is 5.88 Å². The summed E-state index contributed by atoms with van der Waals surface area (Å²) in [5.41, 5.74) is 0.791. The molecule has 9 heteroatoms. The van der Waals surface area contributed by atoms with Crippen molar-refractivity contribution < 1.29 is 22.7 Å². The molecule has 0 spiro atoms. The highest BCUT2D eigenvalue weighted by Crippen LogP contribution is 2.31. The van der Waals surface area contributed by atoms with Crippen molar-refractivity contribution >= 4 is 5.91 Å². The van der Waals surface area contributed by atoms with E-state index in [0.717, 1.165) is 23.9 Å². The highest BCUT2D eigenvalue weighted by Gasteiger charge is 2.32. The molecule has 1 fully saturated rings. The van der Waals surface area contributed by atoms with Crippen molar-refractivity contribution in [3.05, 3.63) is 78.0 Å². The molecule has 0 saturated carbocycles. The van der Waals surface area contributed by atoms with Gasteiger partial charge >= 0.3 is 6.18 Å². The van der Waals surface area contributed by atoms with Crippen LogP contribution in [0.2, 0.25) is 0 Å². The Labute approximate surface area is 170 Å². The van der Waals surface area contributed by atoms with Gasteiger partial charge in [-0.2, -0.15) is 13.2 Å². The highest BCUT2D eigenvalue weighted by molar-refractivity contribution is 5.94. The zero-order valence-corrected chi connectivity index (χ0v) is 15.9. The minimum Gasteiger partial charge on any atom is -0.472 e. The van der Waals surface area contributed by atoms with Crippen LogP contribution in [-0.4, -0.2) is 44.5 Å². The van der Waals surface area contributed by atoms with Crippen LogP contribution in [0.15, 0.2) is 61.3 Å². The number of pyridine rings is 1. The Bertz CT molecular complexity index is 1000. The summed E-state index contributed by atoms with van der Waals surface area (Å²) >= 11 is 0. The van der Waals surface area contributed by atoms with E-state index in [-0.39, 0.29) is 11.8 Å². The van der Waals surface area contributed by atoms with Crippen LogP contribution in [0.5, 0.6) is 5.88 Å². The first kappa shape index (κ1) is 19.9. The van der Waals surface area contributed by atoms with E-state index >= 15 is 0 Å². The van der Waals surface area contributed by atoms with Crippen LogP contribution in [0, 0.1) is 0 Å². The van der Waals surface area contributed by atoms with Gasteiger partial charge in [-0.15, -0.1) is 0 Å². The van der Waals surface area contributed by atoms with Crippen molar-refractivity contribution in [2.75, 3.05) is 13.1 Å². The molecule has 0 unspecified atom stereocenters. The lowest BCUT2D eigenvalue weighted by Gasteiger charge is -2.17. The van der Waals surface area contributed by atoms with Crippen LogP contribution in [0.4, 0.5) is 13.2 Å². The molecule has 2 aromatic heterocycles. The van der Waals surface area contributed by atoms with Gasteiger partial charge in [0.1, 0.15) is 6.10 Å². The van der Waals surface area contributed by atoms with Gasteiger partial charge in [-0.1, -0.05) is 12.1 Å². The topological polar surface area (TPSA) is 60.2 Å². The molecule has 4 rings (SSSR count). The number of hydrogen-bond donors (Lipinski definition) is 0. The van der Waals surface area contributed by atoms with Gasteiger partial charge in [0.2, 0.25) is 5.88 Å². The summed E-state index contributed by atoms with van der Waals surface area (Å²) in [6.07, 6.45) is 2.04. The third-order valence-corrected chi connectivity index (χ3v) is 4.91. The van der Waals surface area contributed by atoms with Gasteiger partial charge in [0.25, 0.3) is 5.91 Å². The number of likely N-dealkylation sites (tertiary alicyclic amines) is 1. The van der Waals surface area contributed by atoms with Gasteiger partial charge in [0.05, 0.1) is 18.4 Å². The average Bonchev–Trinajstić information content (AvgIpc) is 3.40. The van der Waals surface area contributed by atoms with Gasteiger partial charge in [0, 0.05) is 49.7 Å². The Hall–Kier alpha value is -3.36. The zero-order chi connectivity index (χ0) is 21.1. The maximum absolute atomic E-state index is 12.8. The molecule has 3 aromatic rings. The fourth-order valence-electron chi connectivity index (χ4n) is 3.36. The number of nitrogens with zero attached hydrogens (tertiary/aromatic N) is 4. The Kier molecular flexibility index (Phi) is 5.43. The number of rotatable bonds is 5. The Morgan fingerprint density at radius 2 is 1.97 bits per heavy atom. The zero-order valence-electron chi connectivity index (χ0n) is 15.9. The molecule has 0 bridgehead atoms. The first-order valence-electron chi connectivity index (χ1n) is 9.42. The summed E-state index contributed by atoms with van der Waals surface area (Å²) in [5.74, 6) is -0.222. The summed E-state index contributed by atoms with van der Waals surface area (Å²) in [5, 5.41) is 0. The number of ether oxygens (including phenoxy) is 1. The minimum atomic E-state index is -4.46.